The molecule has 2 rings (SSSR count). The van der Waals surface area contributed by atoms with Gasteiger partial charge in [-0.15, -0.1) is 0 Å². The lowest BCUT2D eigenvalue weighted by Crippen LogP contribution is -2.31. The van der Waals surface area contributed by atoms with Crippen molar-refractivity contribution in [1.82, 2.24) is 19.9 Å². The van der Waals surface area contributed by atoms with Crippen LogP contribution in [0.3, 0.4) is 0 Å². The van der Waals surface area contributed by atoms with Gasteiger partial charge in [0.25, 0.3) is 6.08 Å². The zero-order valence-corrected chi connectivity index (χ0v) is 10.4. The van der Waals surface area contributed by atoms with Crippen molar-refractivity contribution in [3.8, 4) is 0 Å². The molecule has 5 nitrogen and oxygen atoms in total. The maximum Gasteiger partial charge on any atom is 0.289 e. The molecule has 2 aromatic rings. The number of imidazole rings is 1. The number of halogens is 1. The summed E-state index contributed by atoms with van der Waals surface area (Å²) in [5.41, 5.74) is 0.915. The van der Waals surface area contributed by atoms with Crippen molar-refractivity contribution in [2.75, 3.05) is 5.32 Å². The maximum absolute atomic E-state index is 13.0. The van der Waals surface area contributed by atoms with E-state index in [0.29, 0.717) is 17.0 Å². The van der Waals surface area contributed by atoms with Crippen molar-refractivity contribution < 1.29 is 4.39 Å². The lowest BCUT2D eigenvalue weighted by molar-refractivity contribution is 0.359. The fraction of sp³-hybridized carbons (Fsp3) is 0.545. The molecule has 0 unspecified atom stereocenters. The van der Waals surface area contributed by atoms with Gasteiger partial charge in [0.05, 0.1) is 0 Å². The molecule has 0 amide bonds. The molecule has 6 heteroatoms. The first kappa shape index (κ1) is 11.8. The van der Waals surface area contributed by atoms with Crippen LogP contribution in [-0.4, -0.2) is 26.0 Å². The number of hydrogen-bond donors (Lipinski definition) is 2. The van der Waals surface area contributed by atoms with Crippen LogP contribution in [0.15, 0.2) is 6.33 Å². The number of aromatic nitrogens is 4. The third-order valence-corrected chi connectivity index (χ3v) is 2.91. The van der Waals surface area contributed by atoms with Crippen molar-refractivity contribution in [3.63, 3.8) is 0 Å². The zero-order chi connectivity index (χ0) is 12.6. The van der Waals surface area contributed by atoms with Gasteiger partial charge in [0.1, 0.15) is 11.8 Å². The van der Waals surface area contributed by atoms with Crippen LogP contribution in [0.5, 0.6) is 0 Å². The molecule has 0 bridgehead atoms. The van der Waals surface area contributed by atoms with Crippen molar-refractivity contribution in [3.05, 3.63) is 12.4 Å². The number of H-pyrrole nitrogens is 1. The average molecular weight is 237 g/mol. The van der Waals surface area contributed by atoms with Crippen LogP contribution in [0.1, 0.15) is 27.7 Å². The lowest BCUT2D eigenvalue weighted by atomic mass is 9.88. The molecule has 0 saturated heterocycles. The van der Waals surface area contributed by atoms with Gasteiger partial charge in [-0.2, -0.15) is 9.37 Å². The number of fused-ring (bicyclic) bond motifs is 1. The minimum Gasteiger partial charge on any atom is -0.365 e. The molecule has 0 aromatic carbocycles. The lowest BCUT2D eigenvalue weighted by Gasteiger charge is -2.28. The Labute approximate surface area is 98.9 Å². The van der Waals surface area contributed by atoms with Gasteiger partial charge >= 0.3 is 0 Å². The molecule has 0 spiro atoms. The van der Waals surface area contributed by atoms with Crippen LogP contribution < -0.4 is 5.32 Å². The Morgan fingerprint density at radius 3 is 2.71 bits per heavy atom. The molecule has 2 aromatic heterocycles. The van der Waals surface area contributed by atoms with E-state index in [2.05, 4.69) is 52.9 Å². The molecule has 0 aliphatic carbocycles. The van der Waals surface area contributed by atoms with E-state index in [4.69, 9.17) is 0 Å². The molecule has 92 valence electrons. The van der Waals surface area contributed by atoms with E-state index in [9.17, 15) is 4.39 Å². The topological polar surface area (TPSA) is 66.5 Å². The summed E-state index contributed by atoms with van der Waals surface area (Å²) in [4.78, 5) is 14.2. The number of anilines is 1. The van der Waals surface area contributed by atoms with Crippen molar-refractivity contribution in [1.29, 1.82) is 0 Å². The van der Waals surface area contributed by atoms with Gasteiger partial charge in [0, 0.05) is 6.04 Å². The van der Waals surface area contributed by atoms with E-state index in [1.54, 1.807) is 0 Å². The molecule has 0 saturated carbocycles. The fourth-order valence-electron chi connectivity index (χ4n) is 1.33. The Kier molecular flexibility index (Phi) is 2.73. The van der Waals surface area contributed by atoms with Crippen LogP contribution in [0.2, 0.25) is 0 Å². The molecule has 0 radical (unpaired) electrons. The Balaban J connectivity index is 2.36. The number of hydrogen-bond acceptors (Lipinski definition) is 4. The molecule has 1 atom stereocenters. The summed E-state index contributed by atoms with van der Waals surface area (Å²) in [6, 6.07) is 0.187. The Morgan fingerprint density at radius 2 is 2.06 bits per heavy atom. The highest BCUT2D eigenvalue weighted by molar-refractivity contribution is 5.82. The van der Waals surface area contributed by atoms with E-state index in [1.165, 1.54) is 6.33 Å². The summed E-state index contributed by atoms with van der Waals surface area (Å²) < 4.78 is 13.0. The largest absolute Gasteiger partial charge is 0.365 e. The van der Waals surface area contributed by atoms with Gasteiger partial charge in [-0.3, -0.25) is 0 Å². The number of rotatable bonds is 2. The van der Waals surface area contributed by atoms with Crippen LogP contribution in [-0.2, 0) is 0 Å². The zero-order valence-electron chi connectivity index (χ0n) is 10.4. The number of nitrogens with one attached hydrogen (secondary N) is 2. The first-order valence-corrected chi connectivity index (χ1v) is 5.50. The second-order valence-electron chi connectivity index (χ2n) is 5.18. The number of nitrogens with zero attached hydrogens (tertiary/aromatic N) is 3. The van der Waals surface area contributed by atoms with Crippen LogP contribution >= 0.6 is 0 Å². The standard InChI is InChI=1S/C11H16FN5/c1-6(11(2,3)4)15-8-7-9(14-5-13-8)17-10(12)16-7/h5-6H,1-4H3,(H2,13,14,15,16,17)/t6-/m0/s1. The maximum atomic E-state index is 13.0. The van der Waals surface area contributed by atoms with E-state index < -0.39 is 6.08 Å². The van der Waals surface area contributed by atoms with Crippen LogP contribution in [0.25, 0.3) is 11.2 Å². The average Bonchev–Trinajstić information content (AvgIpc) is 2.58. The van der Waals surface area contributed by atoms with Gasteiger partial charge in [0.15, 0.2) is 11.5 Å². The second kappa shape index (κ2) is 3.94. The van der Waals surface area contributed by atoms with Gasteiger partial charge < -0.3 is 10.3 Å². The summed E-state index contributed by atoms with van der Waals surface area (Å²) >= 11 is 0. The highest BCUT2D eigenvalue weighted by Crippen LogP contribution is 2.24. The van der Waals surface area contributed by atoms with Crippen molar-refractivity contribution in [2.24, 2.45) is 5.41 Å². The third kappa shape index (κ3) is 2.35. The van der Waals surface area contributed by atoms with E-state index >= 15 is 0 Å². The monoisotopic (exact) mass is 237 g/mol. The Bertz CT molecular complexity index is 528. The van der Waals surface area contributed by atoms with Crippen LogP contribution in [0, 0.1) is 11.5 Å². The predicted octanol–water partition coefficient (Wildman–Crippen LogP) is 2.34. The van der Waals surface area contributed by atoms with Gasteiger partial charge in [0.2, 0.25) is 0 Å². The summed E-state index contributed by atoms with van der Waals surface area (Å²) in [5.74, 6) is 0.578. The van der Waals surface area contributed by atoms with E-state index in [0.717, 1.165) is 0 Å². The van der Waals surface area contributed by atoms with E-state index in [1.807, 2.05) is 0 Å². The van der Waals surface area contributed by atoms with E-state index in [-0.39, 0.29) is 11.5 Å². The Hall–Kier alpha value is -1.72. The molecule has 2 N–H and O–H groups in total. The third-order valence-electron chi connectivity index (χ3n) is 2.91. The van der Waals surface area contributed by atoms with Gasteiger partial charge in [-0.1, -0.05) is 20.8 Å². The smallest absolute Gasteiger partial charge is 0.289 e. The molecule has 0 aliphatic rings. The van der Waals surface area contributed by atoms with Gasteiger partial charge in [-0.05, 0) is 12.3 Å². The summed E-state index contributed by atoms with van der Waals surface area (Å²) in [5, 5.41) is 3.25. The molecular weight excluding hydrogens is 221 g/mol. The first-order chi connectivity index (χ1) is 7.88. The SMILES string of the molecule is C[C@H](Nc1ncnc2nc(F)[nH]c12)C(C)(C)C. The van der Waals surface area contributed by atoms with Gasteiger partial charge in [-0.25, -0.2) is 9.97 Å². The normalized spacial score (nSPS) is 13.9. The van der Waals surface area contributed by atoms with Crippen molar-refractivity contribution >= 4 is 17.0 Å². The molecule has 17 heavy (non-hydrogen) atoms. The second-order valence-corrected chi connectivity index (χ2v) is 5.18. The van der Waals surface area contributed by atoms with Crippen molar-refractivity contribution in [2.45, 2.75) is 33.7 Å². The Morgan fingerprint density at radius 1 is 1.35 bits per heavy atom. The highest BCUT2D eigenvalue weighted by Gasteiger charge is 2.21. The highest BCUT2D eigenvalue weighted by atomic mass is 19.1. The minimum atomic E-state index is -0.646. The first-order valence-electron chi connectivity index (χ1n) is 5.50. The summed E-state index contributed by atoms with van der Waals surface area (Å²) in [7, 11) is 0. The minimum absolute atomic E-state index is 0.0792. The molecule has 2 heterocycles. The quantitative estimate of drug-likeness (QED) is 0.787. The predicted molar refractivity (Wildman–Crippen MR) is 64.2 cm³/mol. The van der Waals surface area contributed by atoms with Crippen LogP contribution in [0.4, 0.5) is 10.2 Å². The summed E-state index contributed by atoms with van der Waals surface area (Å²) in [6.07, 6.45) is 0.729. The summed E-state index contributed by atoms with van der Waals surface area (Å²) in [6.45, 7) is 8.42. The number of aromatic amines is 1. The molecule has 0 aliphatic heterocycles. The molecular formula is C11H16FN5. The fourth-order valence-corrected chi connectivity index (χ4v) is 1.33. The molecule has 0 fully saturated rings.